The number of unbranched alkanes of at least 4 members (excludes halogenated alkanes) is 1. The van der Waals surface area contributed by atoms with Crippen molar-refractivity contribution in [3.8, 4) is 0 Å². The van der Waals surface area contributed by atoms with Gasteiger partial charge in [-0.3, -0.25) is 9.59 Å². The molecule has 2 atom stereocenters. The molecule has 2 N–H and O–H groups in total. The van der Waals surface area contributed by atoms with E-state index in [1.54, 1.807) is 0 Å². The minimum atomic E-state index is -0.733. The summed E-state index contributed by atoms with van der Waals surface area (Å²) in [5, 5.41) is 12.0. The first kappa shape index (κ1) is 18.0. The van der Waals surface area contributed by atoms with E-state index in [4.69, 9.17) is 5.11 Å². The number of amides is 1. The molecule has 0 aliphatic carbocycles. The number of nitrogens with zero attached hydrogens (tertiary/aromatic N) is 1. The Hall–Kier alpha value is -1.10. The summed E-state index contributed by atoms with van der Waals surface area (Å²) >= 11 is 0. The van der Waals surface area contributed by atoms with E-state index in [0.717, 1.165) is 38.9 Å². The number of carbonyl (C=O) groups is 2. The number of rotatable bonds is 8. The third kappa shape index (κ3) is 6.93. The van der Waals surface area contributed by atoms with Gasteiger partial charge in [-0.05, 0) is 31.7 Å². The van der Waals surface area contributed by atoms with E-state index in [9.17, 15) is 9.59 Å². The first-order valence-electron chi connectivity index (χ1n) is 8.16. The van der Waals surface area contributed by atoms with E-state index in [-0.39, 0.29) is 24.3 Å². The third-order valence-electron chi connectivity index (χ3n) is 4.08. The van der Waals surface area contributed by atoms with Crippen molar-refractivity contribution in [2.24, 2.45) is 11.8 Å². The van der Waals surface area contributed by atoms with Gasteiger partial charge in [0.25, 0.3) is 0 Å². The Bertz CT molecular complexity index is 344. The number of likely N-dealkylation sites (tertiary alicyclic amines) is 1. The zero-order valence-corrected chi connectivity index (χ0v) is 13.6. The lowest BCUT2D eigenvalue weighted by Crippen LogP contribution is -2.51. The van der Waals surface area contributed by atoms with Gasteiger partial charge in [-0.15, -0.1) is 0 Å². The summed E-state index contributed by atoms with van der Waals surface area (Å²) in [5.74, 6) is -0.282. The zero-order chi connectivity index (χ0) is 15.8. The molecule has 0 radical (unpaired) electrons. The number of carbonyl (C=O) groups excluding carboxylic acids is 1. The zero-order valence-electron chi connectivity index (χ0n) is 13.6. The van der Waals surface area contributed by atoms with Gasteiger partial charge in [-0.25, -0.2) is 0 Å². The molecular formula is C16H30N2O3. The predicted molar refractivity (Wildman–Crippen MR) is 83.1 cm³/mol. The standard InChI is InChI=1S/C16H30N2O3/c1-4-5-8-18-10-13(6-7-15(19)20)9-14(11-18)17-16(21)12(2)3/h12-14H,4-11H2,1-3H3,(H,17,21)(H,19,20). The average molecular weight is 298 g/mol. The first-order chi connectivity index (χ1) is 9.92. The molecule has 1 aliphatic heterocycles. The highest BCUT2D eigenvalue weighted by Crippen LogP contribution is 2.22. The van der Waals surface area contributed by atoms with Gasteiger partial charge in [0.1, 0.15) is 0 Å². The van der Waals surface area contributed by atoms with E-state index in [1.165, 1.54) is 0 Å². The van der Waals surface area contributed by atoms with Crippen molar-refractivity contribution in [3.05, 3.63) is 0 Å². The minimum absolute atomic E-state index is 0.00603. The fourth-order valence-electron chi connectivity index (χ4n) is 2.88. The Morgan fingerprint density at radius 1 is 1.33 bits per heavy atom. The second-order valence-electron chi connectivity index (χ2n) is 6.51. The normalized spacial score (nSPS) is 23.2. The molecule has 0 aromatic carbocycles. The van der Waals surface area contributed by atoms with Gasteiger partial charge in [0, 0.05) is 31.5 Å². The van der Waals surface area contributed by atoms with Gasteiger partial charge in [0.05, 0.1) is 0 Å². The molecule has 1 fully saturated rings. The smallest absolute Gasteiger partial charge is 0.303 e. The van der Waals surface area contributed by atoms with Crippen LogP contribution in [-0.4, -0.2) is 47.6 Å². The predicted octanol–water partition coefficient (Wildman–Crippen LogP) is 2.11. The van der Waals surface area contributed by atoms with Crippen molar-refractivity contribution in [2.45, 2.75) is 58.9 Å². The van der Waals surface area contributed by atoms with Gasteiger partial charge >= 0.3 is 5.97 Å². The van der Waals surface area contributed by atoms with E-state index >= 15 is 0 Å². The van der Waals surface area contributed by atoms with Gasteiger partial charge in [0.15, 0.2) is 0 Å². The summed E-state index contributed by atoms with van der Waals surface area (Å²) in [5.41, 5.74) is 0. The number of carboxylic acids is 1. The maximum atomic E-state index is 11.9. The molecule has 21 heavy (non-hydrogen) atoms. The van der Waals surface area contributed by atoms with Gasteiger partial charge in [-0.1, -0.05) is 27.2 Å². The molecule has 0 saturated carbocycles. The molecule has 5 nitrogen and oxygen atoms in total. The van der Waals surface area contributed by atoms with Crippen LogP contribution in [-0.2, 0) is 9.59 Å². The second kappa shape index (κ2) is 9.03. The quantitative estimate of drug-likeness (QED) is 0.720. The minimum Gasteiger partial charge on any atom is -0.481 e. The van der Waals surface area contributed by atoms with Crippen LogP contribution in [0.4, 0.5) is 0 Å². The monoisotopic (exact) mass is 298 g/mol. The first-order valence-corrected chi connectivity index (χ1v) is 8.16. The van der Waals surface area contributed by atoms with E-state index < -0.39 is 5.97 Å². The Labute approximate surface area is 128 Å². The van der Waals surface area contributed by atoms with Crippen LogP contribution in [0.25, 0.3) is 0 Å². The summed E-state index contributed by atoms with van der Waals surface area (Å²) in [7, 11) is 0. The summed E-state index contributed by atoms with van der Waals surface area (Å²) in [6.07, 6.45) is 4.12. The number of carboxylic acid groups (broad SMARTS) is 1. The molecule has 1 saturated heterocycles. The number of hydrogen-bond donors (Lipinski definition) is 2. The fraction of sp³-hybridized carbons (Fsp3) is 0.875. The second-order valence-corrected chi connectivity index (χ2v) is 6.51. The molecule has 122 valence electrons. The van der Waals surface area contributed by atoms with E-state index in [2.05, 4.69) is 17.1 Å². The average Bonchev–Trinajstić information content (AvgIpc) is 2.42. The van der Waals surface area contributed by atoms with Crippen molar-refractivity contribution >= 4 is 11.9 Å². The van der Waals surface area contributed by atoms with Crippen molar-refractivity contribution in [1.29, 1.82) is 0 Å². The van der Waals surface area contributed by atoms with Crippen LogP contribution in [0.2, 0.25) is 0 Å². The van der Waals surface area contributed by atoms with Crippen LogP contribution in [0.3, 0.4) is 0 Å². The SMILES string of the molecule is CCCCN1CC(CCC(=O)O)CC(NC(=O)C(C)C)C1. The Balaban J connectivity index is 2.56. The summed E-state index contributed by atoms with van der Waals surface area (Å²) in [6.45, 7) is 8.85. The number of nitrogens with one attached hydrogen (secondary N) is 1. The van der Waals surface area contributed by atoms with Crippen LogP contribution in [0.15, 0.2) is 0 Å². The Kier molecular flexibility index (Phi) is 7.72. The van der Waals surface area contributed by atoms with Crippen molar-refractivity contribution in [1.82, 2.24) is 10.2 Å². The van der Waals surface area contributed by atoms with Crippen LogP contribution >= 0.6 is 0 Å². The van der Waals surface area contributed by atoms with Crippen molar-refractivity contribution < 1.29 is 14.7 Å². The van der Waals surface area contributed by atoms with Crippen LogP contribution in [0.1, 0.15) is 52.9 Å². The highest BCUT2D eigenvalue weighted by Gasteiger charge is 2.28. The number of aliphatic carboxylic acids is 1. The molecule has 1 aliphatic rings. The number of piperidine rings is 1. The molecular weight excluding hydrogens is 268 g/mol. The van der Waals surface area contributed by atoms with Gasteiger partial charge < -0.3 is 15.3 Å². The Morgan fingerprint density at radius 3 is 2.62 bits per heavy atom. The molecule has 1 amide bonds. The maximum absolute atomic E-state index is 11.9. The summed E-state index contributed by atoms with van der Waals surface area (Å²) in [4.78, 5) is 25.0. The van der Waals surface area contributed by atoms with Crippen LogP contribution in [0.5, 0.6) is 0 Å². The molecule has 0 spiro atoms. The summed E-state index contributed by atoms with van der Waals surface area (Å²) in [6, 6.07) is 0.157. The molecule has 1 heterocycles. The third-order valence-corrected chi connectivity index (χ3v) is 4.08. The van der Waals surface area contributed by atoms with E-state index in [1.807, 2.05) is 13.8 Å². The lowest BCUT2D eigenvalue weighted by atomic mass is 9.90. The number of hydrogen-bond acceptors (Lipinski definition) is 3. The highest BCUT2D eigenvalue weighted by atomic mass is 16.4. The topological polar surface area (TPSA) is 69.6 Å². The highest BCUT2D eigenvalue weighted by molar-refractivity contribution is 5.78. The molecule has 0 aromatic heterocycles. The van der Waals surface area contributed by atoms with Crippen molar-refractivity contribution in [2.75, 3.05) is 19.6 Å². The van der Waals surface area contributed by atoms with E-state index in [0.29, 0.717) is 12.3 Å². The molecule has 0 bridgehead atoms. The van der Waals surface area contributed by atoms with Gasteiger partial charge in [-0.2, -0.15) is 0 Å². The fourth-order valence-corrected chi connectivity index (χ4v) is 2.88. The maximum Gasteiger partial charge on any atom is 0.303 e. The molecule has 2 unspecified atom stereocenters. The van der Waals surface area contributed by atoms with Crippen molar-refractivity contribution in [3.63, 3.8) is 0 Å². The van der Waals surface area contributed by atoms with Gasteiger partial charge in [0.2, 0.25) is 5.91 Å². The lowest BCUT2D eigenvalue weighted by molar-refractivity contribution is -0.137. The summed E-state index contributed by atoms with van der Waals surface area (Å²) < 4.78 is 0. The molecule has 5 heteroatoms. The van der Waals surface area contributed by atoms with Crippen LogP contribution in [0, 0.1) is 11.8 Å². The largest absolute Gasteiger partial charge is 0.481 e. The Morgan fingerprint density at radius 2 is 2.05 bits per heavy atom. The van der Waals surface area contributed by atoms with Crippen LogP contribution < -0.4 is 5.32 Å². The molecule has 0 aromatic rings. The molecule has 1 rings (SSSR count). The lowest BCUT2D eigenvalue weighted by Gasteiger charge is -2.38.